The third-order valence-electron chi connectivity index (χ3n) is 2.06. The van der Waals surface area contributed by atoms with Crippen LogP contribution in [-0.2, 0) is 4.74 Å². The van der Waals surface area contributed by atoms with E-state index in [-0.39, 0.29) is 0 Å². The van der Waals surface area contributed by atoms with Crippen LogP contribution in [-0.4, -0.2) is 12.7 Å². The maximum absolute atomic E-state index is 5.35. The molecule has 1 saturated heterocycles. The molecule has 7 heavy (non-hydrogen) atoms. The van der Waals surface area contributed by atoms with Gasteiger partial charge in [-0.05, 0) is 25.2 Å². The van der Waals surface area contributed by atoms with Crippen LogP contribution in [0.5, 0.6) is 0 Å². The average Bonchev–Trinajstić information content (AvgIpc) is 2.22. The maximum atomic E-state index is 5.35. The first-order chi connectivity index (χ1) is 3.45. The van der Waals surface area contributed by atoms with Gasteiger partial charge in [0, 0.05) is 6.61 Å². The largest absolute Gasteiger partial charge is 0.378 e. The summed E-state index contributed by atoms with van der Waals surface area (Å²) >= 11 is 0. The molecule has 1 saturated carbocycles. The first-order valence-electron chi connectivity index (χ1n) is 3.07. The molecule has 2 aliphatic rings. The zero-order chi connectivity index (χ0) is 4.69. The Hall–Kier alpha value is -0.0400. The van der Waals surface area contributed by atoms with E-state index in [1.54, 1.807) is 0 Å². The van der Waals surface area contributed by atoms with E-state index in [1.165, 1.54) is 19.3 Å². The van der Waals surface area contributed by atoms with Crippen molar-refractivity contribution in [1.82, 2.24) is 0 Å². The molecule has 1 heteroatoms. The van der Waals surface area contributed by atoms with Crippen LogP contribution in [0.4, 0.5) is 0 Å². The number of rotatable bonds is 0. The highest BCUT2D eigenvalue weighted by molar-refractivity contribution is 4.81. The lowest BCUT2D eigenvalue weighted by Gasteiger charge is -2.07. The minimum absolute atomic E-state index is 0.671. The maximum Gasteiger partial charge on any atom is 0.0578 e. The van der Waals surface area contributed by atoms with Crippen molar-refractivity contribution >= 4 is 0 Å². The van der Waals surface area contributed by atoms with Crippen LogP contribution in [0.15, 0.2) is 0 Å². The molecule has 0 aromatic rings. The normalized spacial score (nSPS) is 48.0. The molecule has 2 fully saturated rings. The fraction of sp³-hybridized carbons (Fsp3) is 1.00. The van der Waals surface area contributed by atoms with Crippen molar-refractivity contribution in [2.75, 3.05) is 6.61 Å². The molecule has 2 bridgehead atoms. The minimum atomic E-state index is 0.671. The molecular weight excluding hydrogens is 88.1 g/mol. The standard InChI is InChI=1S/C6H10O/c1-2-6-3-5(1)4-7-6/h5-6H,1-4H2/t5?,6-/m1/s1. The second kappa shape index (κ2) is 1.22. The quantitative estimate of drug-likeness (QED) is 0.442. The van der Waals surface area contributed by atoms with Crippen molar-refractivity contribution in [3.8, 4) is 0 Å². The number of ether oxygens (including phenoxy) is 1. The van der Waals surface area contributed by atoms with Crippen molar-refractivity contribution in [2.24, 2.45) is 5.92 Å². The summed E-state index contributed by atoms with van der Waals surface area (Å²) in [6.07, 6.45) is 4.81. The van der Waals surface area contributed by atoms with Crippen LogP contribution >= 0.6 is 0 Å². The van der Waals surface area contributed by atoms with Crippen molar-refractivity contribution in [3.05, 3.63) is 0 Å². The average molecular weight is 98.1 g/mol. The van der Waals surface area contributed by atoms with E-state index in [9.17, 15) is 0 Å². The summed E-state index contributed by atoms with van der Waals surface area (Å²) in [5.74, 6) is 0.949. The topological polar surface area (TPSA) is 9.23 Å². The van der Waals surface area contributed by atoms with Gasteiger partial charge in [0.15, 0.2) is 0 Å². The molecule has 2 atom stereocenters. The van der Waals surface area contributed by atoms with E-state index in [0.29, 0.717) is 6.10 Å². The minimum Gasteiger partial charge on any atom is -0.378 e. The highest BCUT2D eigenvalue weighted by Crippen LogP contribution is 2.34. The summed E-state index contributed by atoms with van der Waals surface area (Å²) in [7, 11) is 0. The summed E-state index contributed by atoms with van der Waals surface area (Å²) in [5, 5.41) is 0. The van der Waals surface area contributed by atoms with E-state index in [1.807, 2.05) is 0 Å². The van der Waals surface area contributed by atoms with Gasteiger partial charge in [-0.2, -0.15) is 0 Å². The molecule has 40 valence electrons. The van der Waals surface area contributed by atoms with Crippen LogP contribution in [0, 0.1) is 5.92 Å². The van der Waals surface area contributed by atoms with Crippen molar-refractivity contribution < 1.29 is 4.74 Å². The van der Waals surface area contributed by atoms with Gasteiger partial charge in [0.25, 0.3) is 0 Å². The van der Waals surface area contributed by atoms with Gasteiger partial charge in [-0.15, -0.1) is 0 Å². The second-order valence-electron chi connectivity index (χ2n) is 2.63. The summed E-state index contributed by atoms with van der Waals surface area (Å²) in [5.41, 5.74) is 0. The van der Waals surface area contributed by atoms with Crippen molar-refractivity contribution in [1.29, 1.82) is 0 Å². The Kier molecular flexibility index (Phi) is 0.680. The second-order valence-corrected chi connectivity index (χ2v) is 2.63. The van der Waals surface area contributed by atoms with Crippen molar-refractivity contribution in [3.63, 3.8) is 0 Å². The molecule has 2 rings (SSSR count). The summed E-state index contributed by atoms with van der Waals surface area (Å²) in [4.78, 5) is 0. The Labute approximate surface area is 43.7 Å². The van der Waals surface area contributed by atoms with Crippen LogP contribution < -0.4 is 0 Å². The molecule has 0 aromatic carbocycles. The van der Waals surface area contributed by atoms with Crippen LogP contribution in [0.25, 0.3) is 0 Å². The Morgan fingerprint density at radius 3 is 2.43 bits per heavy atom. The van der Waals surface area contributed by atoms with Crippen molar-refractivity contribution in [2.45, 2.75) is 25.4 Å². The summed E-state index contributed by atoms with van der Waals surface area (Å²) in [6, 6.07) is 0. The summed E-state index contributed by atoms with van der Waals surface area (Å²) in [6.45, 7) is 1.06. The number of hydrogen-bond donors (Lipinski definition) is 0. The van der Waals surface area contributed by atoms with E-state index < -0.39 is 0 Å². The Morgan fingerprint density at radius 1 is 1.29 bits per heavy atom. The molecule has 0 aromatic heterocycles. The first-order valence-corrected chi connectivity index (χ1v) is 3.07. The SMILES string of the molecule is C1C[C@@H]2CC1CO2. The van der Waals surface area contributed by atoms with Gasteiger partial charge in [0.05, 0.1) is 6.10 Å². The fourth-order valence-corrected chi connectivity index (χ4v) is 1.60. The molecule has 1 unspecified atom stereocenters. The third kappa shape index (κ3) is 0.480. The first kappa shape index (κ1) is 3.90. The molecule has 1 nitrogen and oxygen atoms in total. The molecule has 0 radical (unpaired) electrons. The number of hydrogen-bond acceptors (Lipinski definition) is 1. The smallest absolute Gasteiger partial charge is 0.0578 e. The van der Waals surface area contributed by atoms with Gasteiger partial charge in [0.1, 0.15) is 0 Å². The Bertz CT molecular complexity index is 62.2. The zero-order valence-electron chi connectivity index (χ0n) is 4.39. The van der Waals surface area contributed by atoms with E-state index in [2.05, 4.69) is 0 Å². The molecule has 1 heterocycles. The molecular formula is C6H10O. The fourth-order valence-electron chi connectivity index (χ4n) is 1.60. The predicted octanol–water partition coefficient (Wildman–Crippen LogP) is 1.19. The molecule has 1 aliphatic heterocycles. The van der Waals surface area contributed by atoms with E-state index in [4.69, 9.17) is 4.74 Å². The lowest BCUT2D eigenvalue weighted by Crippen LogP contribution is -2.05. The molecule has 0 spiro atoms. The van der Waals surface area contributed by atoms with Crippen LogP contribution in [0.2, 0.25) is 0 Å². The predicted molar refractivity (Wildman–Crippen MR) is 27.1 cm³/mol. The van der Waals surface area contributed by atoms with Gasteiger partial charge < -0.3 is 4.74 Å². The monoisotopic (exact) mass is 98.1 g/mol. The van der Waals surface area contributed by atoms with Gasteiger partial charge in [-0.25, -0.2) is 0 Å². The Balaban J connectivity index is 2.12. The highest BCUT2D eigenvalue weighted by Gasteiger charge is 2.31. The zero-order valence-corrected chi connectivity index (χ0v) is 4.39. The summed E-state index contributed by atoms with van der Waals surface area (Å²) < 4.78 is 5.35. The van der Waals surface area contributed by atoms with Gasteiger partial charge in [0.2, 0.25) is 0 Å². The van der Waals surface area contributed by atoms with E-state index in [0.717, 1.165) is 12.5 Å². The molecule has 0 amide bonds. The highest BCUT2D eigenvalue weighted by atomic mass is 16.5. The third-order valence-corrected chi connectivity index (χ3v) is 2.06. The molecule has 1 aliphatic carbocycles. The van der Waals surface area contributed by atoms with Gasteiger partial charge in [-0.3, -0.25) is 0 Å². The lowest BCUT2D eigenvalue weighted by atomic mass is 10.1. The Morgan fingerprint density at radius 2 is 2.29 bits per heavy atom. The van der Waals surface area contributed by atoms with Gasteiger partial charge in [-0.1, -0.05) is 0 Å². The lowest BCUT2D eigenvalue weighted by molar-refractivity contribution is 0.0775. The van der Waals surface area contributed by atoms with E-state index >= 15 is 0 Å². The van der Waals surface area contributed by atoms with Gasteiger partial charge >= 0.3 is 0 Å². The number of fused-ring (bicyclic) bond motifs is 2. The van der Waals surface area contributed by atoms with Crippen LogP contribution in [0.1, 0.15) is 19.3 Å². The van der Waals surface area contributed by atoms with Crippen LogP contribution in [0.3, 0.4) is 0 Å². The molecule has 0 N–H and O–H groups in total.